The van der Waals surface area contributed by atoms with Gasteiger partial charge in [-0.15, -0.1) is 0 Å². The second-order valence-corrected chi connectivity index (χ2v) is 3.71. The van der Waals surface area contributed by atoms with E-state index in [9.17, 15) is 0 Å². The Morgan fingerprint density at radius 1 is 1.29 bits per heavy atom. The number of hydrogen-bond acceptors (Lipinski definition) is 2. The van der Waals surface area contributed by atoms with Gasteiger partial charge in [-0.1, -0.05) is 25.1 Å². The van der Waals surface area contributed by atoms with Gasteiger partial charge in [-0.3, -0.25) is 0 Å². The largest absolute Gasteiger partial charge is 0.375 e. The van der Waals surface area contributed by atoms with Gasteiger partial charge in [-0.05, 0) is 25.0 Å². The summed E-state index contributed by atoms with van der Waals surface area (Å²) in [6.45, 7) is 3.16. The maximum atomic E-state index is 5.87. The Morgan fingerprint density at radius 3 is 2.50 bits per heavy atom. The summed E-state index contributed by atoms with van der Waals surface area (Å²) >= 11 is 0. The predicted molar refractivity (Wildman–Crippen MR) is 62.6 cm³/mol. The Hall–Kier alpha value is -1.02. The average Bonchev–Trinajstić information content (AvgIpc) is 2.26. The van der Waals surface area contributed by atoms with Crippen LogP contribution in [0.3, 0.4) is 0 Å². The molecule has 0 fully saturated rings. The Morgan fingerprint density at radius 2 is 1.93 bits per heavy atom. The van der Waals surface area contributed by atoms with Crippen molar-refractivity contribution in [2.45, 2.75) is 25.8 Å². The molecule has 1 atom stereocenters. The smallest absolute Gasteiger partial charge is 0.0363 e. The van der Waals surface area contributed by atoms with Crippen molar-refractivity contribution in [3.05, 3.63) is 30.3 Å². The summed E-state index contributed by atoms with van der Waals surface area (Å²) in [5, 5.41) is 0. The fraction of sp³-hybridized carbons (Fsp3) is 0.500. The highest BCUT2D eigenvalue weighted by atomic mass is 15.1. The molecule has 1 aromatic carbocycles. The lowest BCUT2D eigenvalue weighted by Gasteiger charge is -2.20. The highest BCUT2D eigenvalue weighted by Gasteiger charge is 2.02. The van der Waals surface area contributed by atoms with Crippen molar-refractivity contribution < 1.29 is 0 Å². The zero-order valence-corrected chi connectivity index (χ0v) is 9.11. The molecule has 0 radical (unpaired) electrons. The van der Waals surface area contributed by atoms with Gasteiger partial charge in [-0.25, -0.2) is 0 Å². The van der Waals surface area contributed by atoms with Crippen molar-refractivity contribution in [3.8, 4) is 0 Å². The third-order valence-corrected chi connectivity index (χ3v) is 2.56. The van der Waals surface area contributed by atoms with E-state index < -0.39 is 0 Å². The predicted octanol–water partition coefficient (Wildman–Crippen LogP) is 2.25. The number of rotatable bonds is 5. The second-order valence-electron chi connectivity index (χ2n) is 3.71. The Labute approximate surface area is 86.7 Å². The van der Waals surface area contributed by atoms with Crippen LogP contribution in [0.2, 0.25) is 0 Å². The van der Waals surface area contributed by atoms with Gasteiger partial charge in [0.1, 0.15) is 0 Å². The van der Waals surface area contributed by atoms with Crippen LogP contribution >= 0.6 is 0 Å². The highest BCUT2D eigenvalue weighted by Crippen LogP contribution is 2.11. The molecule has 2 heteroatoms. The van der Waals surface area contributed by atoms with E-state index in [4.69, 9.17) is 5.73 Å². The zero-order valence-electron chi connectivity index (χ0n) is 9.11. The molecule has 2 nitrogen and oxygen atoms in total. The molecule has 78 valence electrons. The monoisotopic (exact) mass is 192 g/mol. The van der Waals surface area contributed by atoms with Crippen molar-refractivity contribution in [1.29, 1.82) is 0 Å². The molecule has 14 heavy (non-hydrogen) atoms. The summed E-state index contributed by atoms with van der Waals surface area (Å²) in [5.41, 5.74) is 7.13. The average molecular weight is 192 g/mol. The van der Waals surface area contributed by atoms with Crippen LogP contribution in [0, 0.1) is 0 Å². The standard InChI is InChI=1S/C12H20N2/c1-3-11(13)9-10-14(2)12-7-5-4-6-8-12/h4-8,11H,3,9-10,13H2,1-2H3. The highest BCUT2D eigenvalue weighted by molar-refractivity contribution is 5.44. The van der Waals surface area contributed by atoms with E-state index in [1.54, 1.807) is 0 Å². The van der Waals surface area contributed by atoms with Crippen molar-refractivity contribution in [2.24, 2.45) is 5.73 Å². The first-order valence-electron chi connectivity index (χ1n) is 5.25. The Balaban J connectivity index is 2.39. The number of nitrogens with two attached hydrogens (primary N) is 1. The number of nitrogens with zero attached hydrogens (tertiary/aromatic N) is 1. The first-order valence-corrected chi connectivity index (χ1v) is 5.25. The van der Waals surface area contributed by atoms with Crippen LogP contribution in [0.4, 0.5) is 5.69 Å². The molecule has 0 aliphatic heterocycles. The van der Waals surface area contributed by atoms with Crippen LogP contribution in [0.25, 0.3) is 0 Å². The van der Waals surface area contributed by atoms with Crippen LogP contribution in [-0.2, 0) is 0 Å². The van der Waals surface area contributed by atoms with Gasteiger partial charge in [0, 0.05) is 25.3 Å². The summed E-state index contributed by atoms with van der Waals surface area (Å²) in [4.78, 5) is 2.25. The molecule has 0 amide bonds. The first kappa shape index (κ1) is 11.1. The number of hydrogen-bond donors (Lipinski definition) is 1. The minimum Gasteiger partial charge on any atom is -0.375 e. The molecule has 0 saturated heterocycles. The van der Waals surface area contributed by atoms with Gasteiger partial charge < -0.3 is 10.6 Å². The number of para-hydroxylation sites is 1. The molecular weight excluding hydrogens is 172 g/mol. The SMILES string of the molecule is CCC(N)CCN(C)c1ccccc1. The first-order chi connectivity index (χ1) is 6.74. The minimum atomic E-state index is 0.334. The van der Waals surface area contributed by atoms with Gasteiger partial charge in [0.05, 0.1) is 0 Å². The molecule has 0 bridgehead atoms. The van der Waals surface area contributed by atoms with Crippen molar-refractivity contribution in [1.82, 2.24) is 0 Å². The molecule has 2 N–H and O–H groups in total. The molecule has 0 aliphatic rings. The van der Waals surface area contributed by atoms with Gasteiger partial charge >= 0.3 is 0 Å². The third kappa shape index (κ3) is 3.38. The van der Waals surface area contributed by atoms with E-state index in [-0.39, 0.29) is 0 Å². The third-order valence-electron chi connectivity index (χ3n) is 2.56. The molecule has 0 heterocycles. The Kier molecular flexibility index (Phi) is 4.47. The number of benzene rings is 1. The molecule has 0 spiro atoms. The molecule has 1 rings (SSSR count). The molecule has 1 aromatic rings. The van der Waals surface area contributed by atoms with Crippen LogP contribution in [0.15, 0.2) is 30.3 Å². The van der Waals surface area contributed by atoms with Crippen molar-refractivity contribution in [3.63, 3.8) is 0 Å². The van der Waals surface area contributed by atoms with Crippen LogP contribution in [0.1, 0.15) is 19.8 Å². The minimum absolute atomic E-state index is 0.334. The van der Waals surface area contributed by atoms with E-state index in [1.165, 1.54) is 5.69 Å². The molecule has 0 aromatic heterocycles. The van der Waals surface area contributed by atoms with Crippen LogP contribution in [-0.4, -0.2) is 19.6 Å². The lowest BCUT2D eigenvalue weighted by atomic mass is 10.1. The molecular formula is C12H20N2. The van der Waals surface area contributed by atoms with E-state index in [2.05, 4.69) is 43.1 Å². The van der Waals surface area contributed by atoms with E-state index >= 15 is 0 Å². The second kappa shape index (κ2) is 5.66. The molecule has 0 saturated carbocycles. The van der Waals surface area contributed by atoms with Crippen molar-refractivity contribution >= 4 is 5.69 Å². The Bertz CT molecular complexity index is 246. The summed E-state index contributed by atoms with van der Waals surface area (Å²) < 4.78 is 0. The summed E-state index contributed by atoms with van der Waals surface area (Å²) in [7, 11) is 2.11. The van der Waals surface area contributed by atoms with Gasteiger partial charge in [0.25, 0.3) is 0 Å². The fourth-order valence-electron chi connectivity index (χ4n) is 1.38. The van der Waals surface area contributed by atoms with E-state index in [1.807, 2.05) is 6.07 Å². The summed E-state index contributed by atoms with van der Waals surface area (Å²) in [5.74, 6) is 0. The zero-order chi connectivity index (χ0) is 10.4. The lowest BCUT2D eigenvalue weighted by molar-refractivity contribution is 0.594. The van der Waals surface area contributed by atoms with E-state index in [0.29, 0.717) is 6.04 Å². The normalized spacial score (nSPS) is 12.5. The van der Waals surface area contributed by atoms with Gasteiger partial charge in [-0.2, -0.15) is 0 Å². The van der Waals surface area contributed by atoms with E-state index in [0.717, 1.165) is 19.4 Å². The van der Waals surface area contributed by atoms with Crippen molar-refractivity contribution in [2.75, 3.05) is 18.5 Å². The van der Waals surface area contributed by atoms with Crippen LogP contribution in [0.5, 0.6) is 0 Å². The summed E-state index contributed by atoms with van der Waals surface area (Å²) in [6, 6.07) is 10.7. The lowest BCUT2D eigenvalue weighted by Crippen LogP contribution is -2.27. The maximum Gasteiger partial charge on any atom is 0.0363 e. The molecule has 0 aliphatic carbocycles. The van der Waals surface area contributed by atoms with Gasteiger partial charge in [0.15, 0.2) is 0 Å². The van der Waals surface area contributed by atoms with Crippen LogP contribution < -0.4 is 10.6 Å². The van der Waals surface area contributed by atoms with Gasteiger partial charge in [0.2, 0.25) is 0 Å². The number of anilines is 1. The topological polar surface area (TPSA) is 29.3 Å². The fourth-order valence-corrected chi connectivity index (χ4v) is 1.38. The quantitative estimate of drug-likeness (QED) is 0.775. The molecule has 1 unspecified atom stereocenters. The maximum absolute atomic E-state index is 5.87. The summed E-state index contributed by atoms with van der Waals surface area (Å²) in [6.07, 6.45) is 2.12.